The number of carbonyl (C=O) groups excluding carboxylic acids is 1. The van der Waals surface area contributed by atoms with Crippen LogP contribution in [0.1, 0.15) is 44.6 Å². The van der Waals surface area contributed by atoms with Gasteiger partial charge >= 0.3 is 0 Å². The van der Waals surface area contributed by atoms with E-state index >= 15 is 0 Å². The van der Waals surface area contributed by atoms with E-state index in [1.807, 2.05) is 42.5 Å². The predicted octanol–water partition coefficient (Wildman–Crippen LogP) is 4.55. The summed E-state index contributed by atoms with van der Waals surface area (Å²) in [5.74, 6) is 1.10. The van der Waals surface area contributed by atoms with Gasteiger partial charge in [-0.1, -0.05) is 68.4 Å². The average Bonchev–Trinajstić information content (AvgIpc) is 3.29. The Morgan fingerprint density at radius 1 is 1.04 bits per heavy atom. The molecule has 5 nitrogen and oxygen atoms in total. The summed E-state index contributed by atoms with van der Waals surface area (Å²) in [7, 11) is 0. The Balaban J connectivity index is 1.52. The summed E-state index contributed by atoms with van der Waals surface area (Å²) in [6.07, 6.45) is 0.388. The summed E-state index contributed by atoms with van der Waals surface area (Å²) >= 11 is 0. The number of hydrogen-bond donors (Lipinski definition) is 0. The van der Waals surface area contributed by atoms with Gasteiger partial charge in [0.25, 0.3) is 0 Å². The van der Waals surface area contributed by atoms with Crippen LogP contribution in [0.4, 0.5) is 5.69 Å². The average molecular weight is 361 g/mol. The largest absolute Gasteiger partial charge is 0.339 e. The van der Waals surface area contributed by atoms with Crippen molar-refractivity contribution in [2.24, 2.45) is 0 Å². The minimum absolute atomic E-state index is 0.0761. The molecule has 138 valence electrons. The Labute approximate surface area is 159 Å². The highest BCUT2D eigenvalue weighted by molar-refractivity contribution is 5.96. The molecule has 0 bridgehead atoms. The molecule has 1 atom stereocenters. The summed E-state index contributed by atoms with van der Waals surface area (Å²) in [5.41, 5.74) is 3.19. The number of hydrogen-bond acceptors (Lipinski definition) is 4. The molecule has 3 aromatic rings. The minimum Gasteiger partial charge on any atom is -0.339 e. The second-order valence-electron chi connectivity index (χ2n) is 8.02. The predicted molar refractivity (Wildman–Crippen MR) is 105 cm³/mol. The fourth-order valence-electron chi connectivity index (χ4n) is 3.37. The molecule has 1 aliphatic heterocycles. The molecule has 0 aliphatic carbocycles. The van der Waals surface area contributed by atoms with Crippen molar-refractivity contribution in [2.75, 3.05) is 11.4 Å². The second kappa shape index (κ2) is 6.65. The SMILES string of the molecule is CC(C)(C)c1ccc(-c2noc(C3CC(=O)N(c4ccccc4)C3)n2)cc1. The van der Waals surface area contributed by atoms with Crippen molar-refractivity contribution in [1.82, 2.24) is 10.1 Å². The number of carbonyl (C=O) groups is 1. The lowest BCUT2D eigenvalue weighted by Crippen LogP contribution is -2.24. The van der Waals surface area contributed by atoms with Gasteiger partial charge in [-0.3, -0.25) is 4.79 Å². The standard InChI is InChI=1S/C22H23N3O2/c1-22(2,3)17-11-9-15(10-12-17)20-23-21(27-24-20)16-13-19(26)25(14-16)18-7-5-4-6-8-18/h4-12,16H,13-14H2,1-3H3. The van der Waals surface area contributed by atoms with Gasteiger partial charge in [-0.15, -0.1) is 0 Å². The van der Waals surface area contributed by atoms with E-state index < -0.39 is 0 Å². The van der Waals surface area contributed by atoms with E-state index in [-0.39, 0.29) is 17.2 Å². The molecule has 1 saturated heterocycles. The number of rotatable bonds is 3. The summed E-state index contributed by atoms with van der Waals surface area (Å²) < 4.78 is 5.49. The molecule has 1 fully saturated rings. The van der Waals surface area contributed by atoms with Gasteiger partial charge in [-0.05, 0) is 23.1 Å². The molecule has 1 amide bonds. The van der Waals surface area contributed by atoms with E-state index in [1.165, 1.54) is 5.56 Å². The third kappa shape index (κ3) is 3.50. The highest BCUT2D eigenvalue weighted by atomic mass is 16.5. The van der Waals surface area contributed by atoms with Crippen LogP contribution >= 0.6 is 0 Å². The summed E-state index contributed by atoms with van der Waals surface area (Å²) in [5, 5.41) is 4.13. The van der Waals surface area contributed by atoms with Crippen LogP contribution in [0.25, 0.3) is 11.4 Å². The molecule has 0 N–H and O–H groups in total. The maximum Gasteiger partial charge on any atom is 0.232 e. The Morgan fingerprint density at radius 3 is 2.41 bits per heavy atom. The van der Waals surface area contributed by atoms with Crippen molar-refractivity contribution in [3.05, 3.63) is 66.1 Å². The lowest BCUT2D eigenvalue weighted by molar-refractivity contribution is -0.117. The summed E-state index contributed by atoms with van der Waals surface area (Å²) in [6.45, 7) is 7.12. The first-order chi connectivity index (χ1) is 12.9. The quantitative estimate of drug-likeness (QED) is 0.686. The lowest BCUT2D eigenvalue weighted by Gasteiger charge is -2.18. The third-order valence-corrected chi connectivity index (χ3v) is 4.99. The van der Waals surface area contributed by atoms with Crippen molar-refractivity contribution < 1.29 is 9.32 Å². The third-order valence-electron chi connectivity index (χ3n) is 4.99. The van der Waals surface area contributed by atoms with Gasteiger partial charge in [0.05, 0.1) is 5.92 Å². The van der Waals surface area contributed by atoms with Gasteiger partial charge in [0.2, 0.25) is 17.6 Å². The second-order valence-corrected chi connectivity index (χ2v) is 8.02. The van der Waals surface area contributed by atoms with Crippen LogP contribution in [0.2, 0.25) is 0 Å². The summed E-state index contributed by atoms with van der Waals surface area (Å²) in [4.78, 5) is 18.7. The van der Waals surface area contributed by atoms with Crippen LogP contribution in [0.5, 0.6) is 0 Å². The number of anilines is 1. The molecule has 1 aliphatic rings. The van der Waals surface area contributed by atoms with E-state index in [4.69, 9.17) is 4.52 Å². The van der Waals surface area contributed by atoms with Crippen LogP contribution < -0.4 is 4.90 Å². The van der Waals surface area contributed by atoms with Gasteiger partial charge in [0.1, 0.15) is 0 Å². The number of nitrogens with zero attached hydrogens (tertiary/aromatic N) is 3. The minimum atomic E-state index is -0.0761. The van der Waals surface area contributed by atoms with Gasteiger partial charge in [0.15, 0.2) is 0 Å². The first-order valence-corrected chi connectivity index (χ1v) is 9.22. The van der Waals surface area contributed by atoms with Gasteiger partial charge < -0.3 is 9.42 Å². The van der Waals surface area contributed by atoms with Crippen LogP contribution in [-0.2, 0) is 10.2 Å². The van der Waals surface area contributed by atoms with Crippen LogP contribution in [-0.4, -0.2) is 22.6 Å². The molecule has 0 radical (unpaired) electrons. The maximum atomic E-state index is 12.4. The molecular weight excluding hydrogens is 338 g/mol. The van der Waals surface area contributed by atoms with Gasteiger partial charge in [0, 0.05) is 24.2 Å². The van der Waals surface area contributed by atoms with Crippen molar-refractivity contribution in [1.29, 1.82) is 0 Å². The van der Waals surface area contributed by atoms with Crippen molar-refractivity contribution >= 4 is 11.6 Å². The van der Waals surface area contributed by atoms with Crippen LogP contribution in [0.3, 0.4) is 0 Å². The smallest absolute Gasteiger partial charge is 0.232 e. The number of aromatic nitrogens is 2. The zero-order chi connectivity index (χ0) is 19.0. The van der Waals surface area contributed by atoms with E-state index in [2.05, 4.69) is 43.0 Å². The molecule has 1 aromatic heterocycles. The molecule has 2 aromatic carbocycles. The maximum absolute atomic E-state index is 12.4. The first-order valence-electron chi connectivity index (χ1n) is 9.22. The van der Waals surface area contributed by atoms with Gasteiger partial charge in [-0.25, -0.2) is 0 Å². The Hall–Kier alpha value is -2.95. The molecule has 27 heavy (non-hydrogen) atoms. The molecule has 1 unspecified atom stereocenters. The summed E-state index contributed by atoms with van der Waals surface area (Å²) in [6, 6.07) is 17.9. The zero-order valence-electron chi connectivity index (χ0n) is 15.8. The molecule has 2 heterocycles. The van der Waals surface area contributed by atoms with E-state index in [0.717, 1.165) is 11.3 Å². The fourth-order valence-corrected chi connectivity index (χ4v) is 3.37. The number of benzene rings is 2. The highest BCUT2D eigenvalue weighted by Gasteiger charge is 2.35. The Kier molecular flexibility index (Phi) is 4.30. The topological polar surface area (TPSA) is 59.2 Å². The lowest BCUT2D eigenvalue weighted by atomic mass is 9.87. The molecule has 0 saturated carbocycles. The highest BCUT2D eigenvalue weighted by Crippen LogP contribution is 2.32. The van der Waals surface area contributed by atoms with E-state index in [0.29, 0.717) is 24.7 Å². The Morgan fingerprint density at radius 2 is 1.74 bits per heavy atom. The van der Waals surface area contributed by atoms with E-state index in [9.17, 15) is 4.79 Å². The monoisotopic (exact) mass is 361 g/mol. The molecular formula is C22H23N3O2. The molecule has 0 spiro atoms. The van der Waals surface area contributed by atoms with Crippen molar-refractivity contribution in [3.63, 3.8) is 0 Å². The normalized spacial score (nSPS) is 17.5. The molecule has 4 rings (SSSR count). The van der Waals surface area contributed by atoms with Crippen LogP contribution in [0.15, 0.2) is 59.1 Å². The Bertz CT molecular complexity index is 940. The van der Waals surface area contributed by atoms with Crippen LogP contribution in [0, 0.1) is 0 Å². The van der Waals surface area contributed by atoms with Gasteiger partial charge in [-0.2, -0.15) is 4.98 Å². The fraction of sp³-hybridized carbons (Fsp3) is 0.318. The van der Waals surface area contributed by atoms with Crippen molar-refractivity contribution in [3.8, 4) is 11.4 Å². The molecule has 5 heteroatoms. The first kappa shape index (κ1) is 17.5. The number of amides is 1. The number of para-hydroxylation sites is 1. The van der Waals surface area contributed by atoms with Crippen molar-refractivity contribution in [2.45, 2.75) is 38.5 Å². The van der Waals surface area contributed by atoms with E-state index in [1.54, 1.807) is 4.90 Å². The zero-order valence-corrected chi connectivity index (χ0v) is 15.8.